The Morgan fingerprint density at radius 2 is 2.43 bits per heavy atom. The third-order valence-corrected chi connectivity index (χ3v) is 1.04. The Labute approximate surface area is 51.5 Å². The molecule has 0 aromatic carbocycles. The molecule has 0 spiro atoms. The summed E-state index contributed by atoms with van der Waals surface area (Å²) in [6.45, 7) is 5.07. The van der Waals surface area contributed by atoms with Gasteiger partial charge in [-0.2, -0.15) is 0 Å². The number of alkyl halides is 1. The lowest BCUT2D eigenvalue weighted by atomic mass is 10.3. The highest BCUT2D eigenvalue weighted by molar-refractivity contribution is 9.10. The molecule has 0 rings (SSSR count). The second-order valence-corrected chi connectivity index (χ2v) is 2.60. The van der Waals surface area contributed by atoms with Crippen LogP contribution in [0, 0.1) is 0 Å². The minimum absolute atomic E-state index is 0.0278. The molecule has 0 aliphatic rings. The molecule has 0 aromatic heterocycles. The highest BCUT2D eigenvalue weighted by Crippen LogP contribution is 1.97. The fourth-order valence-corrected chi connectivity index (χ4v) is 0.349. The van der Waals surface area contributed by atoms with E-state index in [0.717, 1.165) is 0 Å². The van der Waals surface area contributed by atoms with Gasteiger partial charge in [0.15, 0.2) is 5.78 Å². The van der Waals surface area contributed by atoms with Crippen LogP contribution >= 0.6 is 15.9 Å². The predicted octanol–water partition coefficient (Wildman–Crippen LogP) is 1.52. The van der Waals surface area contributed by atoms with Gasteiger partial charge in [0, 0.05) is 0 Å². The van der Waals surface area contributed by atoms with Crippen molar-refractivity contribution in [3.05, 3.63) is 12.7 Å². The van der Waals surface area contributed by atoms with Crippen LogP contribution < -0.4 is 0 Å². The molecule has 0 radical (unpaired) electrons. The summed E-state index contributed by atoms with van der Waals surface area (Å²) in [5.74, 6) is 0.0278. The third kappa shape index (κ3) is 2.57. The minimum atomic E-state index is -0.0787. The van der Waals surface area contributed by atoms with Crippen LogP contribution in [0.1, 0.15) is 6.92 Å². The van der Waals surface area contributed by atoms with Crippen molar-refractivity contribution in [2.24, 2.45) is 0 Å². The normalized spacial score (nSPS) is 12.9. The average molecular weight is 163 g/mol. The second-order valence-electron chi connectivity index (χ2n) is 1.22. The lowest BCUT2D eigenvalue weighted by molar-refractivity contribution is -0.113. The Balaban J connectivity index is 3.56. The number of ketones is 1. The maximum Gasteiger partial charge on any atom is 0.168 e. The topological polar surface area (TPSA) is 17.1 Å². The van der Waals surface area contributed by atoms with Crippen molar-refractivity contribution in [1.82, 2.24) is 0 Å². The first-order chi connectivity index (χ1) is 3.18. The van der Waals surface area contributed by atoms with Gasteiger partial charge in [-0.05, 0) is 13.0 Å². The summed E-state index contributed by atoms with van der Waals surface area (Å²) >= 11 is 3.08. The lowest BCUT2D eigenvalue weighted by Crippen LogP contribution is -2.03. The van der Waals surface area contributed by atoms with Crippen LogP contribution in [0.2, 0.25) is 0 Å². The van der Waals surface area contributed by atoms with Gasteiger partial charge in [-0.25, -0.2) is 0 Å². The first-order valence-electron chi connectivity index (χ1n) is 1.99. The quantitative estimate of drug-likeness (QED) is 0.445. The van der Waals surface area contributed by atoms with Gasteiger partial charge in [0.25, 0.3) is 0 Å². The largest absolute Gasteiger partial charge is 0.294 e. The summed E-state index contributed by atoms with van der Waals surface area (Å²) in [6, 6.07) is 0. The molecule has 0 aliphatic heterocycles. The number of hydrogen-bond donors (Lipinski definition) is 0. The van der Waals surface area contributed by atoms with Crippen LogP contribution in [0.25, 0.3) is 0 Å². The van der Waals surface area contributed by atoms with Gasteiger partial charge < -0.3 is 0 Å². The average Bonchev–Trinajstić information content (AvgIpc) is 1.65. The zero-order chi connectivity index (χ0) is 5.86. The van der Waals surface area contributed by atoms with E-state index in [4.69, 9.17) is 0 Å². The molecule has 0 saturated heterocycles. The molecule has 0 aliphatic carbocycles. The summed E-state index contributed by atoms with van der Waals surface area (Å²) < 4.78 is 0. The zero-order valence-corrected chi connectivity index (χ0v) is 5.73. The first-order valence-corrected chi connectivity index (χ1v) is 2.90. The van der Waals surface area contributed by atoms with Crippen molar-refractivity contribution < 1.29 is 4.79 Å². The first kappa shape index (κ1) is 6.89. The number of hydrogen-bond acceptors (Lipinski definition) is 1. The molecule has 0 fully saturated rings. The van der Waals surface area contributed by atoms with Gasteiger partial charge in [-0.1, -0.05) is 22.5 Å². The highest BCUT2D eigenvalue weighted by Gasteiger charge is 2.00. The molecule has 1 unspecified atom stereocenters. The zero-order valence-electron chi connectivity index (χ0n) is 4.15. The van der Waals surface area contributed by atoms with E-state index in [1.807, 2.05) is 0 Å². The van der Waals surface area contributed by atoms with E-state index < -0.39 is 0 Å². The van der Waals surface area contributed by atoms with Crippen molar-refractivity contribution in [3.8, 4) is 0 Å². The monoisotopic (exact) mass is 162 g/mol. The van der Waals surface area contributed by atoms with Crippen LogP contribution in [-0.2, 0) is 4.79 Å². The SMILES string of the molecule is C=CC(=O)C(C)Br. The van der Waals surface area contributed by atoms with Crippen molar-refractivity contribution in [2.45, 2.75) is 11.8 Å². The van der Waals surface area contributed by atoms with E-state index in [1.165, 1.54) is 6.08 Å². The van der Waals surface area contributed by atoms with Crippen LogP contribution in [0.3, 0.4) is 0 Å². The Hall–Kier alpha value is -0.110. The molecule has 40 valence electrons. The van der Waals surface area contributed by atoms with E-state index in [1.54, 1.807) is 6.92 Å². The van der Waals surface area contributed by atoms with E-state index in [2.05, 4.69) is 22.5 Å². The lowest BCUT2D eigenvalue weighted by Gasteiger charge is -1.90. The highest BCUT2D eigenvalue weighted by atomic mass is 79.9. The number of carbonyl (C=O) groups excluding carboxylic acids is 1. The number of rotatable bonds is 2. The van der Waals surface area contributed by atoms with Gasteiger partial charge in [0.2, 0.25) is 0 Å². The number of carbonyl (C=O) groups is 1. The summed E-state index contributed by atoms with van der Waals surface area (Å²) in [4.78, 5) is 10.3. The Morgan fingerprint density at radius 1 is 2.00 bits per heavy atom. The van der Waals surface area contributed by atoms with E-state index in [0.29, 0.717) is 0 Å². The second kappa shape index (κ2) is 2.97. The molecular weight excluding hydrogens is 156 g/mol. The van der Waals surface area contributed by atoms with Gasteiger partial charge in [-0.3, -0.25) is 4.79 Å². The van der Waals surface area contributed by atoms with Crippen molar-refractivity contribution in [1.29, 1.82) is 0 Å². The summed E-state index contributed by atoms with van der Waals surface area (Å²) in [5, 5.41) is 0. The summed E-state index contributed by atoms with van der Waals surface area (Å²) in [5.41, 5.74) is 0. The maximum atomic E-state index is 10.3. The molecule has 7 heavy (non-hydrogen) atoms. The third-order valence-electron chi connectivity index (χ3n) is 0.593. The molecule has 2 heteroatoms. The van der Waals surface area contributed by atoms with E-state index in [-0.39, 0.29) is 10.6 Å². The Morgan fingerprint density at radius 3 is 2.43 bits per heavy atom. The molecule has 0 aromatic rings. The molecular formula is C5H7BrO. The fourth-order valence-electron chi connectivity index (χ4n) is 0.162. The summed E-state index contributed by atoms with van der Waals surface area (Å²) in [7, 11) is 0. The number of halogens is 1. The predicted molar refractivity (Wildman–Crippen MR) is 33.6 cm³/mol. The summed E-state index contributed by atoms with van der Waals surface area (Å²) in [6.07, 6.45) is 1.30. The van der Waals surface area contributed by atoms with Gasteiger partial charge in [0.05, 0.1) is 4.83 Å². The Kier molecular flexibility index (Phi) is 2.92. The molecule has 1 atom stereocenters. The standard InChI is InChI=1S/C5H7BrO/c1-3-5(7)4(2)6/h3-4H,1H2,2H3. The molecule has 0 saturated carbocycles. The molecule has 0 heterocycles. The van der Waals surface area contributed by atoms with Crippen LogP contribution in [0.4, 0.5) is 0 Å². The van der Waals surface area contributed by atoms with Gasteiger partial charge in [-0.15, -0.1) is 0 Å². The van der Waals surface area contributed by atoms with Crippen LogP contribution in [0.15, 0.2) is 12.7 Å². The molecule has 0 N–H and O–H groups in total. The van der Waals surface area contributed by atoms with Gasteiger partial charge in [0.1, 0.15) is 0 Å². The molecule has 0 amide bonds. The number of allylic oxidation sites excluding steroid dienone is 1. The van der Waals surface area contributed by atoms with E-state index in [9.17, 15) is 4.79 Å². The maximum absolute atomic E-state index is 10.3. The molecule has 1 nitrogen and oxygen atoms in total. The van der Waals surface area contributed by atoms with Crippen molar-refractivity contribution in [3.63, 3.8) is 0 Å². The van der Waals surface area contributed by atoms with E-state index >= 15 is 0 Å². The smallest absolute Gasteiger partial charge is 0.168 e. The minimum Gasteiger partial charge on any atom is -0.294 e. The van der Waals surface area contributed by atoms with Crippen molar-refractivity contribution in [2.75, 3.05) is 0 Å². The fraction of sp³-hybridized carbons (Fsp3) is 0.400. The Bertz CT molecular complexity index is 86.1. The molecule has 0 bridgehead atoms. The van der Waals surface area contributed by atoms with Crippen molar-refractivity contribution >= 4 is 21.7 Å². The van der Waals surface area contributed by atoms with Gasteiger partial charge >= 0.3 is 0 Å². The van der Waals surface area contributed by atoms with Crippen LogP contribution in [0.5, 0.6) is 0 Å². The van der Waals surface area contributed by atoms with Crippen LogP contribution in [-0.4, -0.2) is 10.6 Å².